The number of rotatable bonds is 5. The first kappa shape index (κ1) is 13.2. The number of hydrogen-bond donors (Lipinski definition) is 2. The maximum absolute atomic E-state index is 10.6. The van der Waals surface area contributed by atoms with Gasteiger partial charge in [-0.05, 0) is 18.7 Å². The van der Waals surface area contributed by atoms with Gasteiger partial charge in [-0.1, -0.05) is 34.1 Å². The van der Waals surface area contributed by atoms with Gasteiger partial charge in [0.1, 0.15) is 6.04 Å². The smallest absolute Gasteiger partial charge is 0.321 e. The zero-order valence-electron chi connectivity index (χ0n) is 9.06. The summed E-state index contributed by atoms with van der Waals surface area (Å²) >= 11 is 3.45. The normalized spacial score (nSPS) is 12.8. The third-order valence-electron chi connectivity index (χ3n) is 2.22. The van der Waals surface area contributed by atoms with Gasteiger partial charge in [0.15, 0.2) is 0 Å². The van der Waals surface area contributed by atoms with Crippen molar-refractivity contribution >= 4 is 21.9 Å². The molecule has 0 heterocycles. The van der Waals surface area contributed by atoms with Crippen LogP contribution in [-0.4, -0.2) is 35.6 Å². The first-order valence-corrected chi connectivity index (χ1v) is 5.70. The maximum Gasteiger partial charge on any atom is 0.321 e. The third-order valence-corrected chi connectivity index (χ3v) is 3.00. The van der Waals surface area contributed by atoms with Crippen molar-refractivity contribution in [2.45, 2.75) is 12.6 Å². The second-order valence-corrected chi connectivity index (χ2v) is 4.59. The molecule has 3 N–H and O–H groups in total. The fourth-order valence-electron chi connectivity index (χ4n) is 1.40. The van der Waals surface area contributed by atoms with Gasteiger partial charge in [0, 0.05) is 17.6 Å². The molecule has 0 saturated carbocycles. The highest BCUT2D eigenvalue weighted by atomic mass is 79.9. The molecule has 1 aromatic carbocycles. The highest BCUT2D eigenvalue weighted by Crippen LogP contribution is 2.17. The van der Waals surface area contributed by atoms with Crippen LogP contribution in [0.2, 0.25) is 0 Å². The average molecular weight is 287 g/mol. The molecule has 0 spiro atoms. The highest BCUT2D eigenvalue weighted by molar-refractivity contribution is 9.10. The molecule has 0 bridgehead atoms. The molecule has 1 atom stereocenters. The largest absolute Gasteiger partial charge is 0.480 e. The number of nitrogens with two attached hydrogens (primary N) is 1. The fourth-order valence-corrected chi connectivity index (χ4v) is 1.81. The summed E-state index contributed by atoms with van der Waals surface area (Å²) in [5, 5.41) is 8.69. The van der Waals surface area contributed by atoms with Crippen molar-refractivity contribution in [3.8, 4) is 0 Å². The fraction of sp³-hybridized carbons (Fsp3) is 0.364. The minimum absolute atomic E-state index is 0.330. The van der Waals surface area contributed by atoms with E-state index in [1.165, 1.54) is 0 Å². The zero-order chi connectivity index (χ0) is 12.1. The van der Waals surface area contributed by atoms with Gasteiger partial charge in [-0.15, -0.1) is 0 Å². The van der Waals surface area contributed by atoms with E-state index in [2.05, 4.69) is 15.9 Å². The molecule has 88 valence electrons. The summed E-state index contributed by atoms with van der Waals surface area (Å²) < 4.78 is 1.02. The second kappa shape index (κ2) is 5.98. The lowest BCUT2D eigenvalue weighted by Gasteiger charge is -2.19. The van der Waals surface area contributed by atoms with Gasteiger partial charge in [0.05, 0.1) is 0 Å². The van der Waals surface area contributed by atoms with Crippen LogP contribution in [0.5, 0.6) is 0 Å². The van der Waals surface area contributed by atoms with Crippen molar-refractivity contribution < 1.29 is 9.90 Å². The summed E-state index contributed by atoms with van der Waals surface area (Å²) in [4.78, 5) is 12.5. The van der Waals surface area contributed by atoms with E-state index in [1.807, 2.05) is 36.2 Å². The number of halogens is 1. The molecule has 0 saturated heterocycles. The Hall–Kier alpha value is -0.910. The number of hydrogen-bond acceptors (Lipinski definition) is 3. The third kappa shape index (κ3) is 3.92. The van der Waals surface area contributed by atoms with Gasteiger partial charge in [-0.3, -0.25) is 9.69 Å². The number of carboxylic acid groups (broad SMARTS) is 1. The average Bonchev–Trinajstić information content (AvgIpc) is 2.21. The zero-order valence-corrected chi connectivity index (χ0v) is 10.6. The van der Waals surface area contributed by atoms with Gasteiger partial charge < -0.3 is 10.8 Å². The quantitative estimate of drug-likeness (QED) is 0.856. The number of carboxylic acids is 1. The Bertz CT molecular complexity index is 371. The lowest BCUT2D eigenvalue weighted by molar-refractivity contribution is -0.138. The predicted octanol–water partition coefficient (Wildman–Crippen LogP) is 1.29. The Labute approximate surface area is 103 Å². The summed E-state index contributed by atoms with van der Waals surface area (Å²) in [6, 6.07) is 7.00. The van der Waals surface area contributed by atoms with Crippen LogP contribution >= 0.6 is 15.9 Å². The van der Waals surface area contributed by atoms with E-state index in [0.717, 1.165) is 10.0 Å². The Balaban J connectivity index is 2.55. The standard InChI is InChI=1S/C11H15BrN2O2/c1-14(7-10(13)11(15)16)6-8-4-2-3-5-9(8)12/h2-5,10H,6-7,13H2,1H3,(H,15,16). The van der Waals surface area contributed by atoms with Gasteiger partial charge in [-0.25, -0.2) is 0 Å². The molecule has 0 amide bonds. The van der Waals surface area contributed by atoms with Crippen LogP contribution in [0.15, 0.2) is 28.7 Å². The van der Waals surface area contributed by atoms with Crippen molar-refractivity contribution in [3.63, 3.8) is 0 Å². The molecular weight excluding hydrogens is 272 g/mol. The first-order valence-electron chi connectivity index (χ1n) is 4.91. The van der Waals surface area contributed by atoms with E-state index in [1.54, 1.807) is 0 Å². The number of benzene rings is 1. The lowest BCUT2D eigenvalue weighted by Crippen LogP contribution is -2.40. The molecule has 0 aliphatic heterocycles. The predicted molar refractivity (Wildman–Crippen MR) is 66.1 cm³/mol. The number of aliphatic carboxylic acids is 1. The van der Waals surface area contributed by atoms with Crippen LogP contribution in [0.3, 0.4) is 0 Å². The van der Waals surface area contributed by atoms with Gasteiger partial charge >= 0.3 is 5.97 Å². The van der Waals surface area contributed by atoms with E-state index < -0.39 is 12.0 Å². The van der Waals surface area contributed by atoms with Crippen LogP contribution in [0.1, 0.15) is 5.56 Å². The summed E-state index contributed by atoms with van der Waals surface area (Å²) in [6.07, 6.45) is 0. The van der Waals surface area contributed by atoms with Gasteiger partial charge in [-0.2, -0.15) is 0 Å². The Kier molecular flexibility index (Phi) is 4.92. The van der Waals surface area contributed by atoms with E-state index in [0.29, 0.717) is 13.1 Å². The Morgan fingerprint density at radius 2 is 2.19 bits per heavy atom. The highest BCUT2D eigenvalue weighted by Gasteiger charge is 2.14. The Morgan fingerprint density at radius 3 is 2.75 bits per heavy atom. The molecule has 0 aromatic heterocycles. The molecule has 16 heavy (non-hydrogen) atoms. The molecule has 0 fully saturated rings. The SMILES string of the molecule is CN(Cc1ccccc1Br)CC(N)C(=O)O. The number of likely N-dealkylation sites (N-methyl/N-ethyl adjacent to an activating group) is 1. The van der Waals surface area contributed by atoms with E-state index in [4.69, 9.17) is 10.8 Å². The van der Waals surface area contributed by atoms with Crippen LogP contribution < -0.4 is 5.73 Å². The summed E-state index contributed by atoms with van der Waals surface area (Å²) in [6.45, 7) is 0.999. The molecule has 0 aliphatic rings. The molecule has 1 aromatic rings. The molecule has 0 radical (unpaired) electrons. The van der Waals surface area contributed by atoms with E-state index >= 15 is 0 Å². The monoisotopic (exact) mass is 286 g/mol. The number of nitrogens with zero attached hydrogens (tertiary/aromatic N) is 1. The topological polar surface area (TPSA) is 66.6 Å². The Morgan fingerprint density at radius 1 is 1.56 bits per heavy atom. The van der Waals surface area contributed by atoms with Crippen LogP contribution in [-0.2, 0) is 11.3 Å². The maximum atomic E-state index is 10.6. The van der Waals surface area contributed by atoms with Gasteiger partial charge in [0.25, 0.3) is 0 Å². The molecule has 0 aliphatic carbocycles. The van der Waals surface area contributed by atoms with Crippen LogP contribution in [0, 0.1) is 0 Å². The van der Waals surface area contributed by atoms with Gasteiger partial charge in [0.2, 0.25) is 0 Å². The molecule has 4 nitrogen and oxygen atoms in total. The van der Waals surface area contributed by atoms with Crippen molar-refractivity contribution in [2.24, 2.45) is 5.73 Å². The van der Waals surface area contributed by atoms with Crippen LogP contribution in [0.4, 0.5) is 0 Å². The van der Waals surface area contributed by atoms with Crippen molar-refractivity contribution in [1.82, 2.24) is 4.90 Å². The summed E-state index contributed by atoms with van der Waals surface area (Å²) in [5.74, 6) is -0.973. The van der Waals surface area contributed by atoms with Crippen molar-refractivity contribution in [3.05, 3.63) is 34.3 Å². The first-order chi connectivity index (χ1) is 7.50. The van der Waals surface area contributed by atoms with Crippen LogP contribution in [0.25, 0.3) is 0 Å². The lowest BCUT2D eigenvalue weighted by atomic mass is 10.2. The summed E-state index contributed by atoms with van der Waals surface area (Å²) in [7, 11) is 1.85. The minimum Gasteiger partial charge on any atom is -0.480 e. The molecule has 1 rings (SSSR count). The van der Waals surface area contributed by atoms with Crippen molar-refractivity contribution in [2.75, 3.05) is 13.6 Å². The van der Waals surface area contributed by atoms with E-state index in [9.17, 15) is 4.79 Å². The number of carbonyl (C=O) groups is 1. The van der Waals surface area contributed by atoms with E-state index in [-0.39, 0.29) is 0 Å². The molecular formula is C11H15BrN2O2. The molecule has 1 unspecified atom stereocenters. The minimum atomic E-state index is -0.973. The molecule has 5 heteroatoms. The van der Waals surface area contributed by atoms with Crippen molar-refractivity contribution in [1.29, 1.82) is 0 Å². The second-order valence-electron chi connectivity index (χ2n) is 3.73. The summed E-state index contributed by atoms with van der Waals surface area (Å²) in [5.41, 5.74) is 6.57.